The molecule has 1 fully saturated rings. The van der Waals surface area contributed by atoms with Crippen molar-refractivity contribution in [2.45, 2.75) is 46.2 Å². The minimum absolute atomic E-state index is 0.571. The van der Waals surface area contributed by atoms with Gasteiger partial charge in [-0.2, -0.15) is 0 Å². The van der Waals surface area contributed by atoms with Crippen molar-refractivity contribution >= 4 is 5.96 Å². The minimum atomic E-state index is 0.571. The Labute approximate surface area is 115 Å². The molecule has 5 nitrogen and oxygen atoms in total. The van der Waals surface area contributed by atoms with Gasteiger partial charge >= 0.3 is 0 Å². The highest BCUT2D eigenvalue weighted by Crippen LogP contribution is 2.09. The summed E-state index contributed by atoms with van der Waals surface area (Å²) in [6, 6.07) is 0. The standard InChI is InChI=1S/C14H25N5/c1-12(2)11-19-9-6-16-13(19)10-17-14(15)18-7-4-3-5-8-18/h6,9,12H,3-5,7-8,10-11H2,1-2H3,(H2,15,17). The average Bonchev–Trinajstić information content (AvgIpc) is 2.83. The Morgan fingerprint density at radius 2 is 2.11 bits per heavy atom. The molecule has 1 saturated heterocycles. The third-order valence-electron chi connectivity index (χ3n) is 3.43. The molecule has 1 aromatic rings. The van der Waals surface area contributed by atoms with Gasteiger partial charge in [0.15, 0.2) is 5.96 Å². The summed E-state index contributed by atoms with van der Waals surface area (Å²) in [6.07, 6.45) is 7.60. The molecule has 0 aromatic carbocycles. The molecule has 2 rings (SSSR count). The first-order valence-corrected chi connectivity index (χ1v) is 7.21. The van der Waals surface area contributed by atoms with Gasteiger partial charge in [0.2, 0.25) is 0 Å². The van der Waals surface area contributed by atoms with Crippen LogP contribution < -0.4 is 5.73 Å². The van der Waals surface area contributed by atoms with Crippen LogP contribution in [0.15, 0.2) is 17.4 Å². The highest BCUT2D eigenvalue weighted by Gasteiger charge is 2.12. The molecule has 19 heavy (non-hydrogen) atoms. The summed E-state index contributed by atoms with van der Waals surface area (Å²) in [6.45, 7) is 8.03. The normalized spacial score (nSPS) is 17.2. The Kier molecular flexibility index (Phi) is 4.82. The van der Waals surface area contributed by atoms with Crippen molar-refractivity contribution in [3.8, 4) is 0 Å². The van der Waals surface area contributed by atoms with Crippen LogP contribution in [0.25, 0.3) is 0 Å². The van der Waals surface area contributed by atoms with Crippen LogP contribution in [-0.4, -0.2) is 33.5 Å². The summed E-state index contributed by atoms with van der Waals surface area (Å²) < 4.78 is 2.16. The first-order valence-electron chi connectivity index (χ1n) is 7.21. The minimum Gasteiger partial charge on any atom is -0.370 e. The van der Waals surface area contributed by atoms with E-state index in [1.54, 1.807) is 0 Å². The Morgan fingerprint density at radius 1 is 1.37 bits per heavy atom. The molecule has 0 radical (unpaired) electrons. The maximum absolute atomic E-state index is 6.06. The third-order valence-corrected chi connectivity index (χ3v) is 3.43. The van der Waals surface area contributed by atoms with Gasteiger partial charge in [0.25, 0.3) is 0 Å². The number of aromatic nitrogens is 2. The Bertz CT molecular complexity index is 415. The second-order valence-electron chi connectivity index (χ2n) is 5.61. The summed E-state index contributed by atoms with van der Waals surface area (Å²) in [5.41, 5.74) is 6.06. The number of hydrogen-bond acceptors (Lipinski definition) is 2. The summed E-state index contributed by atoms with van der Waals surface area (Å²) in [5, 5.41) is 0. The maximum Gasteiger partial charge on any atom is 0.191 e. The molecule has 2 heterocycles. The highest BCUT2D eigenvalue weighted by atomic mass is 15.3. The molecule has 1 aromatic heterocycles. The molecule has 0 spiro atoms. The van der Waals surface area contributed by atoms with Gasteiger partial charge in [0.1, 0.15) is 12.4 Å². The zero-order chi connectivity index (χ0) is 13.7. The fourth-order valence-electron chi connectivity index (χ4n) is 2.43. The topological polar surface area (TPSA) is 59.4 Å². The number of nitrogens with two attached hydrogens (primary N) is 1. The summed E-state index contributed by atoms with van der Waals surface area (Å²) in [7, 11) is 0. The predicted octanol–water partition coefficient (Wildman–Crippen LogP) is 1.84. The zero-order valence-corrected chi connectivity index (χ0v) is 12.0. The lowest BCUT2D eigenvalue weighted by molar-refractivity contribution is 0.338. The van der Waals surface area contributed by atoms with Crippen molar-refractivity contribution < 1.29 is 0 Å². The van der Waals surface area contributed by atoms with Gasteiger partial charge in [-0.15, -0.1) is 0 Å². The molecular weight excluding hydrogens is 238 g/mol. The van der Waals surface area contributed by atoms with Gasteiger partial charge in [-0.1, -0.05) is 13.8 Å². The first kappa shape index (κ1) is 13.9. The van der Waals surface area contributed by atoms with Gasteiger partial charge in [0, 0.05) is 32.0 Å². The summed E-state index contributed by atoms with van der Waals surface area (Å²) in [4.78, 5) is 11.0. The van der Waals surface area contributed by atoms with Crippen LogP contribution in [0, 0.1) is 5.92 Å². The van der Waals surface area contributed by atoms with Crippen molar-refractivity contribution in [1.82, 2.24) is 14.5 Å². The van der Waals surface area contributed by atoms with Crippen LogP contribution in [0.2, 0.25) is 0 Å². The van der Waals surface area contributed by atoms with Gasteiger partial charge < -0.3 is 15.2 Å². The quantitative estimate of drug-likeness (QED) is 0.666. The number of likely N-dealkylation sites (tertiary alicyclic amines) is 1. The molecule has 1 aliphatic heterocycles. The monoisotopic (exact) mass is 263 g/mol. The summed E-state index contributed by atoms with van der Waals surface area (Å²) in [5.74, 6) is 2.27. The number of rotatable bonds is 4. The van der Waals surface area contributed by atoms with Gasteiger partial charge in [-0.3, -0.25) is 0 Å². The zero-order valence-electron chi connectivity index (χ0n) is 12.0. The van der Waals surface area contributed by atoms with Gasteiger partial charge in [-0.25, -0.2) is 9.98 Å². The van der Waals surface area contributed by atoms with E-state index in [2.05, 4.69) is 33.3 Å². The highest BCUT2D eigenvalue weighted by molar-refractivity contribution is 5.78. The Morgan fingerprint density at radius 3 is 2.79 bits per heavy atom. The Balaban J connectivity index is 1.95. The number of piperidine rings is 1. The van der Waals surface area contributed by atoms with E-state index >= 15 is 0 Å². The molecule has 5 heteroatoms. The fourth-order valence-corrected chi connectivity index (χ4v) is 2.43. The number of hydrogen-bond donors (Lipinski definition) is 1. The van der Waals surface area contributed by atoms with E-state index < -0.39 is 0 Å². The lowest BCUT2D eigenvalue weighted by atomic mass is 10.1. The molecule has 0 aliphatic carbocycles. The lowest BCUT2D eigenvalue weighted by Gasteiger charge is -2.27. The van der Waals surface area contributed by atoms with Crippen LogP contribution in [0.3, 0.4) is 0 Å². The van der Waals surface area contributed by atoms with Gasteiger partial charge in [0.05, 0.1) is 0 Å². The van der Waals surface area contributed by atoms with Gasteiger partial charge in [-0.05, 0) is 25.2 Å². The first-order chi connectivity index (χ1) is 9.16. The molecule has 0 saturated carbocycles. The SMILES string of the molecule is CC(C)Cn1ccnc1CN=C(N)N1CCCCC1. The largest absolute Gasteiger partial charge is 0.370 e. The van der Waals surface area contributed by atoms with Crippen molar-refractivity contribution in [2.24, 2.45) is 16.6 Å². The smallest absolute Gasteiger partial charge is 0.191 e. The summed E-state index contributed by atoms with van der Waals surface area (Å²) >= 11 is 0. The number of imidazole rings is 1. The third kappa shape index (κ3) is 3.98. The second kappa shape index (κ2) is 6.59. The van der Waals surface area contributed by atoms with E-state index in [-0.39, 0.29) is 0 Å². The van der Waals surface area contributed by atoms with Crippen LogP contribution in [0.5, 0.6) is 0 Å². The van der Waals surface area contributed by atoms with Crippen LogP contribution >= 0.6 is 0 Å². The number of nitrogens with zero attached hydrogens (tertiary/aromatic N) is 4. The molecule has 0 atom stereocenters. The lowest BCUT2D eigenvalue weighted by Crippen LogP contribution is -2.40. The number of guanidine groups is 1. The van der Waals surface area contributed by atoms with Crippen LogP contribution in [0.1, 0.15) is 38.9 Å². The van der Waals surface area contributed by atoms with E-state index in [0.717, 1.165) is 25.5 Å². The van der Waals surface area contributed by atoms with Crippen molar-refractivity contribution in [1.29, 1.82) is 0 Å². The number of aliphatic imine (C=N–C) groups is 1. The fraction of sp³-hybridized carbons (Fsp3) is 0.714. The van der Waals surface area contributed by atoms with Crippen LogP contribution in [0.4, 0.5) is 0 Å². The van der Waals surface area contributed by atoms with E-state index in [4.69, 9.17) is 5.73 Å². The second-order valence-corrected chi connectivity index (χ2v) is 5.61. The molecule has 0 amide bonds. The Hall–Kier alpha value is -1.52. The van der Waals surface area contributed by atoms with E-state index in [9.17, 15) is 0 Å². The average molecular weight is 263 g/mol. The van der Waals surface area contributed by atoms with Crippen molar-refractivity contribution in [3.63, 3.8) is 0 Å². The van der Waals surface area contributed by atoms with Crippen molar-refractivity contribution in [2.75, 3.05) is 13.1 Å². The molecular formula is C14H25N5. The maximum atomic E-state index is 6.06. The predicted molar refractivity (Wildman–Crippen MR) is 77.8 cm³/mol. The van der Waals surface area contributed by atoms with E-state index in [0.29, 0.717) is 18.4 Å². The molecule has 0 bridgehead atoms. The van der Waals surface area contributed by atoms with Crippen LogP contribution in [-0.2, 0) is 13.1 Å². The van der Waals surface area contributed by atoms with E-state index in [1.165, 1.54) is 19.3 Å². The molecule has 1 aliphatic rings. The molecule has 2 N–H and O–H groups in total. The molecule has 0 unspecified atom stereocenters. The van der Waals surface area contributed by atoms with Crippen molar-refractivity contribution in [3.05, 3.63) is 18.2 Å². The van der Waals surface area contributed by atoms with E-state index in [1.807, 2.05) is 12.4 Å². The molecule has 106 valence electrons.